The van der Waals surface area contributed by atoms with E-state index >= 15 is 0 Å². The van der Waals surface area contributed by atoms with Gasteiger partial charge in [-0.1, -0.05) is 6.92 Å². The van der Waals surface area contributed by atoms with Crippen LogP contribution in [-0.4, -0.2) is 50.7 Å². The summed E-state index contributed by atoms with van der Waals surface area (Å²) in [5.41, 5.74) is -0.746. The van der Waals surface area contributed by atoms with Crippen LogP contribution in [0.15, 0.2) is 34.2 Å². The third-order valence-corrected chi connectivity index (χ3v) is 6.64. The quantitative estimate of drug-likeness (QED) is 0.554. The highest BCUT2D eigenvalue weighted by Gasteiger charge is 2.65. The maximum absolute atomic E-state index is 13.1. The molecule has 146 valence electrons. The SMILES string of the molecule is C[C@@H]1C(O)C(O)C2=C(C(=O)O)C(O)CCC2[C@@]12C[C@@H](c1ccoc1)OC2=O. The van der Waals surface area contributed by atoms with Crippen LogP contribution in [0.25, 0.3) is 0 Å². The number of fused-ring (bicyclic) bond motifs is 2. The Morgan fingerprint density at radius 2 is 2.00 bits per heavy atom. The van der Waals surface area contributed by atoms with E-state index in [0.717, 1.165) is 0 Å². The van der Waals surface area contributed by atoms with E-state index in [4.69, 9.17) is 9.15 Å². The third-order valence-electron chi connectivity index (χ3n) is 6.64. The summed E-state index contributed by atoms with van der Waals surface area (Å²) < 4.78 is 10.7. The van der Waals surface area contributed by atoms with Gasteiger partial charge in [-0.05, 0) is 24.5 Å². The zero-order valence-electron chi connectivity index (χ0n) is 14.7. The van der Waals surface area contributed by atoms with Crippen molar-refractivity contribution in [3.63, 3.8) is 0 Å². The summed E-state index contributed by atoms with van der Waals surface area (Å²) in [6.45, 7) is 1.68. The van der Waals surface area contributed by atoms with E-state index in [2.05, 4.69) is 0 Å². The van der Waals surface area contributed by atoms with Gasteiger partial charge in [-0.25, -0.2) is 4.79 Å². The highest BCUT2D eigenvalue weighted by molar-refractivity contribution is 5.90. The van der Waals surface area contributed by atoms with Crippen molar-refractivity contribution in [2.24, 2.45) is 17.3 Å². The number of hydrogen-bond donors (Lipinski definition) is 4. The number of furan rings is 1. The fraction of sp³-hybridized carbons (Fsp3) is 0.579. The second-order valence-electron chi connectivity index (χ2n) is 7.74. The zero-order valence-corrected chi connectivity index (χ0v) is 14.7. The number of carboxylic acids is 1. The number of aliphatic hydroxyl groups excluding tert-OH is 3. The average Bonchev–Trinajstić information content (AvgIpc) is 3.26. The predicted octanol–water partition coefficient (Wildman–Crippen LogP) is 0.778. The van der Waals surface area contributed by atoms with E-state index < -0.39 is 53.6 Å². The Kier molecular flexibility index (Phi) is 4.17. The largest absolute Gasteiger partial charge is 0.478 e. The lowest BCUT2D eigenvalue weighted by molar-refractivity contribution is -0.164. The van der Waals surface area contributed by atoms with Crippen molar-refractivity contribution in [3.8, 4) is 0 Å². The summed E-state index contributed by atoms with van der Waals surface area (Å²) in [6, 6.07) is 1.69. The lowest BCUT2D eigenvalue weighted by Crippen LogP contribution is -2.58. The summed E-state index contributed by atoms with van der Waals surface area (Å²) in [4.78, 5) is 24.8. The van der Waals surface area contributed by atoms with Gasteiger partial charge in [-0.15, -0.1) is 0 Å². The molecule has 2 heterocycles. The van der Waals surface area contributed by atoms with Crippen LogP contribution >= 0.6 is 0 Å². The van der Waals surface area contributed by atoms with Crippen molar-refractivity contribution in [1.82, 2.24) is 0 Å². The van der Waals surface area contributed by atoms with Gasteiger partial charge in [0.2, 0.25) is 0 Å². The number of aliphatic carboxylic acids is 1. The minimum Gasteiger partial charge on any atom is -0.478 e. The van der Waals surface area contributed by atoms with Crippen molar-refractivity contribution in [3.05, 3.63) is 35.3 Å². The smallest absolute Gasteiger partial charge is 0.334 e. The van der Waals surface area contributed by atoms with Gasteiger partial charge in [0.15, 0.2) is 0 Å². The number of hydrogen-bond acceptors (Lipinski definition) is 7. The molecule has 2 fully saturated rings. The molecule has 0 amide bonds. The molecule has 1 spiro atoms. The molecule has 0 radical (unpaired) electrons. The van der Waals surface area contributed by atoms with Crippen molar-refractivity contribution in [2.75, 3.05) is 0 Å². The first-order valence-corrected chi connectivity index (χ1v) is 9.03. The summed E-state index contributed by atoms with van der Waals surface area (Å²) >= 11 is 0. The number of ether oxygens (including phenoxy) is 1. The monoisotopic (exact) mass is 378 g/mol. The number of carbonyl (C=O) groups is 2. The maximum atomic E-state index is 13.1. The van der Waals surface area contributed by atoms with Crippen LogP contribution in [-0.2, 0) is 14.3 Å². The van der Waals surface area contributed by atoms with E-state index in [1.54, 1.807) is 13.0 Å². The van der Waals surface area contributed by atoms with E-state index in [1.807, 2.05) is 0 Å². The Balaban J connectivity index is 1.85. The fourth-order valence-electron chi connectivity index (χ4n) is 5.22. The first kappa shape index (κ1) is 18.2. The predicted molar refractivity (Wildman–Crippen MR) is 89.2 cm³/mol. The van der Waals surface area contributed by atoms with Gasteiger partial charge in [-0.2, -0.15) is 0 Å². The van der Waals surface area contributed by atoms with Crippen molar-refractivity contribution in [1.29, 1.82) is 0 Å². The normalized spacial score (nSPS) is 41.6. The van der Waals surface area contributed by atoms with Crippen LogP contribution in [0.3, 0.4) is 0 Å². The molecule has 8 nitrogen and oxygen atoms in total. The van der Waals surface area contributed by atoms with Crippen molar-refractivity contribution >= 4 is 11.9 Å². The number of carboxylic acid groups (broad SMARTS) is 1. The number of esters is 1. The molecule has 3 aliphatic rings. The summed E-state index contributed by atoms with van der Waals surface area (Å²) in [7, 11) is 0. The Hall–Kier alpha value is -2.16. The van der Waals surface area contributed by atoms with E-state index in [0.29, 0.717) is 12.0 Å². The third kappa shape index (κ3) is 2.40. The molecule has 2 aliphatic carbocycles. The van der Waals surface area contributed by atoms with E-state index in [9.17, 15) is 30.0 Å². The first-order chi connectivity index (χ1) is 12.8. The van der Waals surface area contributed by atoms with Crippen LogP contribution in [0.1, 0.15) is 37.9 Å². The standard InChI is InChI=1S/C19H22O8/c1-8-15(21)16(22)13-10(2-3-11(20)14(13)17(23)24)19(8)6-12(27-18(19)25)9-4-5-26-7-9/h4-5,7-8,10-12,15-16,20-22H,2-3,6H2,1H3,(H,23,24)/t8-,10?,11?,12+,15?,16?,19-/m1/s1. The first-order valence-electron chi connectivity index (χ1n) is 9.03. The number of rotatable bonds is 2. The van der Waals surface area contributed by atoms with E-state index in [-0.39, 0.29) is 24.0 Å². The van der Waals surface area contributed by atoms with Crippen LogP contribution in [0.4, 0.5) is 0 Å². The molecule has 1 aliphatic heterocycles. The summed E-state index contributed by atoms with van der Waals surface area (Å²) in [6.07, 6.45) is -0.907. The highest BCUT2D eigenvalue weighted by atomic mass is 16.6. The van der Waals surface area contributed by atoms with Crippen LogP contribution in [0.5, 0.6) is 0 Å². The lowest BCUT2D eigenvalue weighted by Gasteiger charge is -2.51. The molecule has 1 saturated heterocycles. The minimum absolute atomic E-state index is 0.0524. The molecule has 1 aromatic heterocycles. The van der Waals surface area contributed by atoms with E-state index in [1.165, 1.54) is 12.5 Å². The Labute approximate surface area is 155 Å². The number of aliphatic hydroxyl groups is 3. The molecule has 4 N–H and O–H groups in total. The number of cyclic esters (lactones) is 1. The molecule has 0 bridgehead atoms. The van der Waals surface area contributed by atoms with Crippen LogP contribution in [0, 0.1) is 17.3 Å². The number of carbonyl (C=O) groups excluding carboxylic acids is 1. The summed E-state index contributed by atoms with van der Waals surface area (Å²) in [5, 5.41) is 41.0. The molecule has 1 aromatic rings. The fourth-order valence-corrected chi connectivity index (χ4v) is 5.22. The second kappa shape index (κ2) is 6.19. The molecule has 0 aromatic carbocycles. The average molecular weight is 378 g/mol. The zero-order chi connectivity index (χ0) is 19.5. The van der Waals surface area contributed by atoms with Gasteiger partial charge in [0, 0.05) is 23.8 Å². The summed E-state index contributed by atoms with van der Waals surface area (Å²) in [5.74, 6) is -3.13. The van der Waals surface area contributed by atoms with Gasteiger partial charge in [0.25, 0.3) is 0 Å². The molecule has 27 heavy (non-hydrogen) atoms. The molecular weight excluding hydrogens is 356 g/mol. The Morgan fingerprint density at radius 1 is 1.26 bits per heavy atom. The Morgan fingerprint density at radius 3 is 2.63 bits per heavy atom. The topological polar surface area (TPSA) is 137 Å². The van der Waals surface area contributed by atoms with Crippen LogP contribution in [0.2, 0.25) is 0 Å². The molecule has 7 atom stereocenters. The van der Waals surface area contributed by atoms with Gasteiger partial charge in [-0.3, -0.25) is 4.79 Å². The Bertz CT molecular complexity index is 797. The highest BCUT2D eigenvalue weighted by Crippen LogP contribution is 2.60. The molecule has 8 heteroatoms. The van der Waals surface area contributed by atoms with Gasteiger partial charge < -0.3 is 29.6 Å². The molecule has 4 unspecified atom stereocenters. The van der Waals surface area contributed by atoms with Gasteiger partial charge in [0.1, 0.15) is 12.2 Å². The molecule has 1 saturated carbocycles. The molecule has 4 rings (SSSR count). The second-order valence-corrected chi connectivity index (χ2v) is 7.74. The van der Waals surface area contributed by atoms with Gasteiger partial charge in [0.05, 0.1) is 35.7 Å². The lowest BCUT2D eigenvalue weighted by atomic mass is 9.52. The van der Waals surface area contributed by atoms with Gasteiger partial charge >= 0.3 is 11.9 Å². The maximum Gasteiger partial charge on any atom is 0.334 e. The minimum atomic E-state index is -1.45. The van der Waals surface area contributed by atoms with Crippen LogP contribution < -0.4 is 0 Å². The van der Waals surface area contributed by atoms with Crippen molar-refractivity contribution in [2.45, 2.75) is 50.6 Å². The molecular formula is C19H22O8. The van der Waals surface area contributed by atoms with Crippen molar-refractivity contribution < 1.29 is 39.2 Å².